The van der Waals surface area contributed by atoms with E-state index >= 15 is 0 Å². The van der Waals surface area contributed by atoms with Gasteiger partial charge in [0.2, 0.25) is 10.0 Å². The second-order valence-corrected chi connectivity index (χ2v) is 5.81. The number of hydrogen-bond donors (Lipinski definition) is 2. The summed E-state index contributed by atoms with van der Waals surface area (Å²) >= 11 is 4.75. The molecule has 0 unspecified atom stereocenters. The highest BCUT2D eigenvalue weighted by Gasteiger charge is 2.14. The number of nitrogens with two attached hydrogens (primary N) is 1. The summed E-state index contributed by atoms with van der Waals surface area (Å²) in [6.07, 6.45) is -2.71. The average Bonchev–Trinajstić information content (AvgIpc) is 2.27. The van der Waals surface area contributed by atoms with E-state index < -0.39 is 23.0 Å². The first-order valence-corrected chi connectivity index (χ1v) is 7.00. The van der Waals surface area contributed by atoms with Crippen molar-refractivity contribution in [1.29, 1.82) is 0 Å². The van der Waals surface area contributed by atoms with E-state index in [1.165, 1.54) is 12.1 Å². The van der Waals surface area contributed by atoms with Crippen molar-refractivity contribution in [2.45, 2.75) is 12.2 Å². The van der Waals surface area contributed by atoms with Crippen LogP contribution in [0.2, 0.25) is 0 Å². The van der Waals surface area contributed by atoms with Crippen molar-refractivity contribution in [1.82, 2.24) is 4.72 Å². The number of benzene rings is 1. The zero-order chi connectivity index (χ0) is 13.8. The first-order valence-electron chi connectivity index (χ1n) is 4.94. The molecule has 1 aromatic rings. The van der Waals surface area contributed by atoms with Crippen molar-refractivity contribution >= 4 is 27.2 Å². The molecule has 1 aromatic carbocycles. The Balaban J connectivity index is 2.69. The highest BCUT2D eigenvalue weighted by molar-refractivity contribution is 7.88. The molecule has 8 heteroatoms. The summed E-state index contributed by atoms with van der Waals surface area (Å²) in [6.45, 7) is -0.882. The van der Waals surface area contributed by atoms with Crippen LogP contribution in [0, 0.1) is 0 Å². The molecular weight excluding hydrogens is 282 g/mol. The van der Waals surface area contributed by atoms with Gasteiger partial charge in [-0.1, -0.05) is 36.5 Å². The monoisotopic (exact) mass is 294 g/mol. The number of sulfonamides is 1. The largest absolute Gasteiger partial charge is 0.389 e. The first-order chi connectivity index (χ1) is 8.30. The number of hydrogen-bond acceptors (Lipinski definition) is 3. The van der Waals surface area contributed by atoms with Gasteiger partial charge in [0.1, 0.15) is 4.99 Å². The van der Waals surface area contributed by atoms with Crippen LogP contribution in [0.1, 0.15) is 11.1 Å². The van der Waals surface area contributed by atoms with E-state index in [0.717, 1.165) is 0 Å². The summed E-state index contributed by atoms with van der Waals surface area (Å²) in [7, 11) is -3.76. The third-order valence-electron chi connectivity index (χ3n) is 2.05. The molecule has 0 aliphatic heterocycles. The van der Waals surface area contributed by atoms with Gasteiger partial charge < -0.3 is 5.73 Å². The molecule has 18 heavy (non-hydrogen) atoms. The zero-order valence-corrected chi connectivity index (χ0v) is 10.9. The van der Waals surface area contributed by atoms with E-state index in [1.807, 2.05) is 4.72 Å². The molecular formula is C10H12F2N2O2S2. The van der Waals surface area contributed by atoms with Crippen LogP contribution in [0.15, 0.2) is 24.3 Å². The van der Waals surface area contributed by atoms with Gasteiger partial charge in [-0.2, -0.15) is 0 Å². The van der Waals surface area contributed by atoms with E-state index in [-0.39, 0.29) is 10.7 Å². The quantitative estimate of drug-likeness (QED) is 0.768. The standard InChI is InChI=1S/C10H12F2N2O2S2/c11-9(12)5-14-18(15,16)6-7-1-3-8(4-2-7)10(13)17/h1-4,9,14H,5-6H2,(H2,13,17). The van der Waals surface area contributed by atoms with Gasteiger partial charge in [-0.05, 0) is 5.56 Å². The molecule has 0 radical (unpaired) electrons. The fourth-order valence-electron chi connectivity index (χ4n) is 1.23. The maximum atomic E-state index is 11.9. The number of alkyl halides is 2. The number of thiocarbonyl (C=S) groups is 1. The fraction of sp³-hybridized carbons (Fsp3) is 0.300. The topological polar surface area (TPSA) is 72.2 Å². The van der Waals surface area contributed by atoms with Gasteiger partial charge in [-0.15, -0.1) is 0 Å². The Kier molecular flexibility index (Phi) is 5.12. The van der Waals surface area contributed by atoms with Crippen molar-refractivity contribution in [3.8, 4) is 0 Å². The molecule has 0 saturated heterocycles. The second kappa shape index (κ2) is 6.17. The lowest BCUT2D eigenvalue weighted by Crippen LogP contribution is -2.29. The summed E-state index contributed by atoms with van der Waals surface area (Å²) in [5.41, 5.74) is 6.48. The van der Waals surface area contributed by atoms with Crippen LogP contribution < -0.4 is 10.5 Å². The van der Waals surface area contributed by atoms with Crippen molar-refractivity contribution in [2.75, 3.05) is 6.54 Å². The number of nitrogens with one attached hydrogen (secondary N) is 1. The van der Waals surface area contributed by atoms with Gasteiger partial charge >= 0.3 is 0 Å². The smallest absolute Gasteiger partial charge is 0.251 e. The van der Waals surface area contributed by atoms with E-state index in [0.29, 0.717) is 11.1 Å². The minimum absolute atomic E-state index is 0.209. The van der Waals surface area contributed by atoms with Crippen LogP contribution in [0.4, 0.5) is 8.78 Å². The zero-order valence-electron chi connectivity index (χ0n) is 9.27. The lowest BCUT2D eigenvalue weighted by molar-refractivity contribution is 0.153. The Morgan fingerprint density at radius 2 is 1.89 bits per heavy atom. The van der Waals surface area contributed by atoms with Crippen LogP contribution in [-0.4, -0.2) is 26.4 Å². The van der Waals surface area contributed by atoms with Gasteiger partial charge in [0.15, 0.2) is 0 Å². The van der Waals surface area contributed by atoms with Crippen molar-refractivity contribution < 1.29 is 17.2 Å². The molecule has 3 N–H and O–H groups in total. The molecule has 0 amide bonds. The van der Waals surface area contributed by atoms with Gasteiger partial charge in [-0.25, -0.2) is 21.9 Å². The predicted octanol–water partition coefficient (Wildman–Crippen LogP) is 1.01. The Hall–Kier alpha value is -1.12. The van der Waals surface area contributed by atoms with Crippen molar-refractivity contribution in [3.63, 3.8) is 0 Å². The molecule has 4 nitrogen and oxygen atoms in total. The molecule has 0 heterocycles. The van der Waals surface area contributed by atoms with Crippen LogP contribution in [0.5, 0.6) is 0 Å². The average molecular weight is 294 g/mol. The molecule has 0 aliphatic carbocycles. The van der Waals surface area contributed by atoms with Gasteiger partial charge in [0.05, 0.1) is 12.3 Å². The highest BCUT2D eigenvalue weighted by atomic mass is 32.2. The third kappa shape index (κ3) is 5.03. The van der Waals surface area contributed by atoms with Crippen molar-refractivity contribution in [3.05, 3.63) is 35.4 Å². The maximum absolute atomic E-state index is 11.9. The molecule has 1 rings (SSSR count). The van der Waals surface area contributed by atoms with E-state index in [4.69, 9.17) is 18.0 Å². The molecule has 0 aromatic heterocycles. The summed E-state index contributed by atoms with van der Waals surface area (Å²) < 4.78 is 48.5. The minimum Gasteiger partial charge on any atom is -0.389 e. The molecule has 0 spiro atoms. The molecule has 0 bridgehead atoms. The van der Waals surface area contributed by atoms with Crippen LogP contribution in [-0.2, 0) is 15.8 Å². The summed E-state index contributed by atoms with van der Waals surface area (Å²) in [5, 5.41) is 0. The number of rotatable bonds is 6. The summed E-state index contributed by atoms with van der Waals surface area (Å²) in [5.74, 6) is -0.364. The predicted molar refractivity (Wildman–Crippen MR) is 69.0 cm³/mol. The van der Waals surface area contributed by atoms with Gasteiger partial charge in [-0.3, -0.25) is 0 Å². The molecule has 0 aliphatic rings. The Morgan fingerprint density at radius 3 is 2.33 bits per heavy atom. The van der Waals surface area contributed by atoms with E-state index in [1.54, 1.807) is 12.1 Å². The SMILES string of the molecule is NC(=S)c1ccc(CS(=O)(=O)NCC(F)F)cc1. The minimum atomic E-state index is -3.76. The van der Waals surface area contributed by atoms with Crippen LogP contribution in [0.3, 0.4) is 0 Å². The highest BCUT2D eigenvalue weighted by Crippen LogP contribution is 2.08. The molecule has 100 valence electrons. The normalized spacial score (nSPS) is 11.7. The Labute approximate surface area is 109 Å². The van der Waals surface area contributed by atoms with E-state index in [9.17, 15) is 17.2 Å². The molecule has 0 saturated carbocycles. The molecule has 0 fully saturated rings. The lowest BCUT2D eigenvalue weighted by Gasteiger charge is -2.06. The Morgan fingerprint density at radius 1 is 1.33 bits per heavy atom. The molecule has 0 atom stereocenters. The third-order valence-corrected chi connectivity index (χ3v) is 3.61. The fourth-order valence-corrected chi connectivity index (χ4v) is 2.47. The van der Waals surface area contributed by atoms with Crippen molar-refractivity contribution in [2.24, 2.45) is 5.73 Å². The Bertz CT molecular complexity index is 515. The van der Waals surface area contributed by atoms with Crippen LogP contribution in [0.25, 0.3) is 0 Å². The lowest BCUT2D eigenvalue weighted by atomic mass is 10.1. The first kappa shape index (κ1) is 14.9. The van der Waals surface area contributed by atoms with E-state index in [2.05, 4.69) is 0 Å². The second-order valence-electron chi connectivity index (χ2n) is 3.56. The summed E-state index contributed by atoms with van der Waals surface area (Å²) in [6, 6.07) is 6.24. The van der Waals surface area contributed by atoms with Gasteiger partial charge in [0.25, 0.3) is 6.43 Å². The summed E-state index contributed by atoms with van der Waals surface area (Å²) in [4.78, 5) is 0.209. The maximum Gasteiger partial charge on any atom is 0.251 e. The van der Waals surface area contributed by atoms with Crippen LogP contribution >= 0.6 is 12.2 Å². The van der Waals surface area contributed by atoms with Gasteiger partial charge in [0, 0.05) is 5.56 Å². The number of halogens is 2.